The van der Waals surface area contributed by atoms with E-state index < -0.39 is 55.3 Å². The first-order chi connectivity index (χ1) is 19.9. The molecule has 1 saturated heterocycles. The van der Waals surface area contributed by atoms with Gasteiger partial charge in [0.1, 0.15) is 36.8 Å². The van der Waals surface area contributed by atoms with Crippen LogP contribution in [0.1, 0.15) is 18.2 Å². The first-order valence-corrected chi connectivity index (χ1v) is 13.3. The Morgan fingerprint density at radius 3 is 2.76 bits per heavy atom. The summed E-state index contributed by atoms with van der Waals surface area (Å²) in [5.74, 6) is -0.162. The lowest BCUT2D eigenvalue weighted by Gasteiger charge is -2.29. The third-order valence-electron chi connectivity index (χ3n) is 7.68. The number of benzene rings is 1. The van der Waals surface area contributed by atoms with Crippen LogP contribution in [0.25, 0.3) is 22.1 Å². The van der Waals surface area contributed by atoms with Crippen LogP contribution in [-0.2, 0) is 16.0 Å². The molecule has 3 unspecified atom stereocenters. The molecule has 3 aromatic heterocycles. The molecule has 4 heterocycles. The number of nitrogens with zero attached hydrogens (tertiary/aromatic N) is 4. The van der Waals surface area contributed by atoms with E-state index in [1.54, 1.807) is 4.57 Å². The fourth-order valence-electron chi connectivity index (χ4n) is 5.47. The van der Waals surface area contributed by atoms with Gasteiger partial charge in [0.15, 0.2) is 23.2 Å². The minimum Gasteiger partial charge on any atom is -0.394 e. The van der Waals surface area contributed by atoms with Gasteiger partial charge >= 0.3 is 0 Å². The molecule has 14 heteroatoms. The van der Waals surface area contributed by atoms with E-state index in [0.29, 0.717) is 23.5 Å². The average Bonchev–Trinajstić information content (AvgIpc) is 3.67. The van der Waals surface area contributed by atoms with Crippen LogP contribution in [0.4, 0.5) is 5.82 Å². The van der Waals surface area contributed by atoms with Gasteiger partial charge in [-0.15, -0.1) is 0 Å². The lowest BCUT2D eigenvalue weighted by Crippen LogP contribution is -2.49. The van der Waals surface area contributed by atoms with E-state index in [1.807, 2.05) is 24.4 Å². The number of carbonyl (C=O) groups excluding carboxylic acids is 1. The molecule has 7 atom stereocenters. The number of aliphatic hydroxyl groups is 5. The Bertz CT molecular complexity index is 1590. The maximum absolute atomic E-state index is 13.0. The fraction of sp³-hybridized carbons (Fsp3) is 0.407. The van der Waals surface area contributed by atoms with Gasteiger partial charge in [-0.2, -0.15) is 0 Å². The molecule has 1 amide bonds. The summed E-state index contributed by atoms with van der Waals surface area (Å²) in [6.45, 7) is 0.0743. The highest BCUT2D eigenvalue weighted by atomic mass is 16.5. The first-order valence-electron chi connectivity index (χ1n) is 13.3. The number of anilines is 1. The van der Waals surface area contributed by atoms with Crippen LogP contribution in [0.2, 0.25) is 0 Å². The summed E-state index contributed by atoms with van der Waals surface area (Å²) in [6.07, 6.45) is -0.882. The number of rotatable bonds is 8. The largest absolute Gasteiger partial charge is 0.394 e. The van der Waals surface area contributed by atoms with Crippen molar-refractivity contribution in [3.63, 3.8) is 0 Å². The summed E-state index contributed by atoms with van der Waals surface area (Å²) in [7, 11) is 0. The second-order valence-corrected chi connectivity index (χ2v) is 10.3. The molecule has 0 spiro atoms. The van der Waals surface area contributed by atoms with Crippen molar-refractivity contribution in [3.05, 3.63) is 60.3 Å². The van der Waals surface area contributed by atoms with Crippen LogP contribution in [0.3, 0.4) is 0 Å². The zero-order valence-corrected chi connectivity index (χ0v) is 21.8. The lowest BCUT2D eigenvalue weighted by molar-refractivity contribution is -0.121. The molecule has 14 nitrogen and oxygen atoms in total. The van der Waals surface area contributed by atoms with Crippen LogP contribution in [0.15, 0.2) is 54.8 Å². The number of nitrogens with one attached hydrogen (secondary N) is 3. The second kappa shape index (κ2) is 11.2. The molecule has 1 fully saturated rings. The van der Waals surface area contributed by atoms with Crippen LogP contribution in [-0.4, -0.2) is 106 Å². The number of amides is 1. The monoisotopic (exact) mass is 565 g/mol. The summed E-state index contributed by atoms with van der Waals surface area (Å²) in [6, 6.07) is 7.03. The van der Waals surface area contributed by atoms with Gasteiger partial charge in [-0.05, 0) is 24.1 Å². The molecule has 6 rings (SSSR count). The van der Waals surface area contributed by atoms with Crippen molar-refractivity contribution in [2.75, 3.05) is 18.5 Å². The summed E-state index contributed by atoms with van der Waals surface area (Å²) in [5.41, 5.74) is 3.12. The van der Waals surface area contributed by atoms with Gasteiger partial charge in [0.05, 0.1) is 19.0 Å². The van der Waals surface area contributed by atoms with Gasteiger partial charge in [-0.25, -0.2) is 15.0 Å². The third kappa shape index (κ3) is 5.05. The highest BCUT2D eigenvalue weighted by Gasteiger charge is 2.46. The van der Waals surface area contributed by atoms with E-state index in [1.165, 1.54) is 18.7 Å². The zero-order valence-electron chi connectivity index (χ0n) is 21.8. The number of aliphatic hydroxyl groups excluding tert-OH is 5. The number of para-hydroxylation sites is 1. The van der Waals surface area contributed by atoms with Gasteiger partial charge in [-0.1, -0.05) is 18.2 Å². The molecule has 216 valence electrons. The van der Waals surface area contributed by atoms with Gasteiger partial charge in [0, 0.05) is 35.6 Å². The van der Waals surface area contributed by atoms with Crippen LogP contribution in [0, 0.1) is 0 Å². The van der Waals surface area contributed by atoms with Gasteiger partial charge in [-0.3, -0.25) is 9.36 Å². The first kappa shape index (κ1) is 27.3. The summed E-state index contributed by atoms with van der Waals surface area (Å²) in [5, 5.41) is 57.6. The minimum absolute atomic E-state index is 0.0493. The normalized spacial score (nSPS) is 28.2. The van der Waals surface area contributed by atoms with Crippen molar-refractivity contribution < 1.29 is 35.1 Å². The van der Waals surface area contributed by atoms with Crippen molar-refractivity contribution in [3.8, 4) is 0 Å². The second-order valence-electron chi connectivity index (χ2n) is 10.3. The molecular formula is C27H31N7O7. The fourth-order valence-corrected chi connectivity index (χ4v) is 5.47. The Morgan fingerprint density at radius 2 is 1.95 bits per heavy atom. The predicted octanol–water partition coefficient (Wildman–Crippen LogP) is -0.890. The Morgan fingerprint density at radius 1 is 1.12 bits per heavy atom. The molecule has 2 aliphatic rings. The molecule has 0 saturated carbocycles. The number of aromatic amines is 1. The minimum atomic E-state index is -1.42. The molecule has 1 aliphatic heterocycles. The number of carbonyl (C=O) groups is 1. The van der Waals surface area contributed by atoms with E-state index in [-0.39, 0.29) is 12.0 Å². The summed E-state index contributed by atoms with van der Waals surface area (Å²) >= 11 is 0. The van der Waals surface area contributed by atoms with Crippen molar-refractivity contribution >= 4 is 33.8 Å². The van der Waals surface area contributed by atoms with Crippen molar-refractivity contribution in [2.45, 2.75) is 55.6 Å². The van der Waals surface area contributed by atoms with E-state index in [0.717, 1.165) is 22.9 Å². The molecule has 0 bridgehead atoms. The van der Waals surface area contributed by atoms with Crippen LogP contribution in [0.5, 0.6) is 0 Å². The van der Waals surface area contributed by atoms with Crippen molar-refractivity contribution in [1.82, 2.24) is 29.8 Å². The standard InChI is InChI=1S/C27H31N7O7/c35-10-19-23(39)20(33-26(40)14-7-17(36)22(38)18(37)8-14)27(41-19)34-12-32-21-24(30-11-31-25(21)34)28-6-5-13-9-29-16-4-2-1-3-15(13)16/h1-4,7,9,11-12,17-20,22-23,27,29,35-39H,5-6,8,10H2,(H,33,40)(H,28,30,31)/t17?,18?,19-,20-,22?,23-,27-/m1/s1. The van der Waals surface area contributed by atoms with E-state index in [2.05, 4.69) is 36.6 Å². The Hall–Kier alpha value is -3.92. The SMILES string of the molecule is O=C(N[C@@H]1[C@H](O)[C@@H](CO)O[C@H]1n1cnc2c(NCCc3c[nH]c4ccccc34)ncnc21)C1=CC(O)C(O)C(O)C1. The summed E-state index contributed by atoms with van der Waals surface area (Å²) in [4.78, 5) is 29.5. The number of aromatic nitrogens is 5. The smallest absolute Gasteiger partial charge is 0.247 e. The molecule has 1 aliphatic carbocycles. The van der Waals surface area contributed by atoms with Gasteiger partial charge < -0.3 is 45.9 Å². The number of hydrogen-bond donors (Lipinski definition) is 8. The highest BCUT2D eigenvalue weighted by Crippen LogP contribution is 2.33. The molecular weight excluding hydrogens is 534 g/mol. The van der Waals surface area contributed by atoms with Crippen molar-refractivity contribution in [2.24, 2.45) is 0 Å². The van der Waals surface area contributed by atoms with Crippen LogP contribution < -0.4 is 10.6 Å². The Labute approximate surface area is 233 Å². The molecule has 41 heavy (non-hydrogen) atoms. The number of ether oxygens (including phenoxy) is 1. The molecule has 8 N–H and O–H groups in total. The maximum atomic E-state index is 13.0. The number of hydrogen-bond acceptors (Lipinski definition) is 11. The third-order valence-corrected chi connectivity index (χ3v) is 7.68. The van der Waals surface area contributed by atoms with E-state index in [4.69, 9.17) is 4.74 Å². The highest BCUT2D eigenvalue weighted by molar-refractivity contribution is 5.94. The quantitative estimate of drug-likeness (QED) is 0.131. The average molecular weight is 566 g/mol. The predicted molar refractivity (Wildman–Crippen MR) is 145 cm³/mol. The number of fused-ring (bicyclic) bond motifs is 2. The Balaban J connectivity index is 1.21. The maximum Gasteiger partial charge on any atom is 0.247 e. The van der Waals surface area contributed by atoms with E-state index >= 15 is 0 Å². The van der Waals surface area contributed by atoms with Gasteiger partial charge in [0.2, 0.25) is 5.91 Å². The Kier molecular flexibility index (Phi) is 7.42. The van der Waals surface area contributed by atoms with Crippen molar-refractivity contribution in [1.29, 1.82) is 0 Å². The van der Waals surface area contributed by atoms with Crippen LogP contribution >= 0.6 is 0 Å². The van der Waals surface area contributed by atoms with Gasteiger partial charge in [0.25, 0.3) is 0 Å². The zero-order chi connectivity index (χ0) is 28.7. The number of imidazole rings is 1. The number of H-pyrrole nitrogens is 1. The summed E-state index contributed by atoms with van der Waals surface area (Å²) < 4.78 is 7.46. The molecule has 0 radical (unpaired) electrons. The topological polar surface area (TPSA) is 211 Å². The molecule has 4 aromatic rings. The van der Waals surface area contributed by atoms with E-state index in [9.17, 15) is 30.3 Å². The molecule has 1 aromatic carbocycles. The lowest BCUT2D eigenvalue weighted by atomic mass is 9.91.